The number of rotatable bonds is 3. The van der Waals surface area contributed by atoms with Gasteiger partial charge in [0.15, 0.2) is 11.9 Å². The zero-order chi connectivity index (χ0) is 16.8. The van der Waals surface area contributed by atoms with E-state index >= 15 is 0 Å². The summed E-state index contributed by atoms with van der Waals surface area (Å²) < 4.78 is 5.43. The third kappa shape index (κ3) is 2.22. The molecule has 0 heterocycles. The molecule has 1 fully saturated rings. The Kier molecular flexibility index (Phi) is 4.07. The molecule has 0 radical (unpaired) electrons. The lowest BCUT2D eigenvalue weighted by Crippen LogP contribution is -2.64. The first-order chi connectivity index (χ1) is 10.1. The first-order valence-electron chi connectivity index (χ1n) is 7.66. The molecule has 0 aliphatic heterocycles. The maximum absolute atomic E-state index is 11.7. The molecular weight excluding hydrogens is 284 g/mol. The molecule has 0 amide bonds. The van der Waals surface area contributed by atoms with E-state index in [4.69, 9.17) is 4.74 Å². The number of hydrogen-bond acceptors (Lipinski definition) is 5. The van der Waals surface area contributed by atoms with Gasteiger partial charge in [-0.1, -0.05) is 27.2 Å². The molecule has 0 aromatic carbocycles. The number of aliphatic hydroxyl groups is 1. The van der Waals surface area contributed by atoms with Gasteiger partial charge in [0.2, 0.25) is 0 Å². The summed E-state index contributed by atoms with van der Waals surface area (Å²) in [6, 6.07) is 0. The number of hydrogen-bond donors (Lipinski definition) is 1. The van der Waals surface area contributed by atoms with Crippen molar-refractivity contribution < 1.29 is 24.2 Å². The quantitative estimate of drug-likeness (QED) is 0.635. The normalized spacial score (nSPS) is 40.1. The highest BCUT2D eigenvalue weighted by atomic mass is 16.5. The molecule has 2 aliphatic rings. The number of carbonyl (C=O) groups is 3. The van der Waals surface area contributed by atoms with E-state index in [0.29, 0.717) is 19.0 Å². The van der Waals surface area contributed by atoms with Crippen molar-refractivity contribution in [2.45, 2.75) is 58.7 Å². The van der Waals surface area contributed by atoms with E-state index in [0.717, 1.165) is 12.8 Å². The summed E-state index contributed by atoms with van der Waals surface area (Å²) in [5.74, 6) is -0.677. The largest absolute Gasteiger partial charge is 0.458 e. The van der Waals surface area contributed by atoms with Crippen molar-refractivity contribution in [2.24, 2.45) is 16.7 Å². The van der Waals surface area contributed by atoms with Gasteiger partial charge in [0.1, 0.15) is 12.4 Å². The van der Waals surface area contributed by atoms with Gasteiger partial charge < -0.3 is 9.84 Å². The van der Waals surface area contributed by atoms with Crippen molar-refractivity contribution in [2.75, 3.05) is 0 Å². The van der Waals surface area contributed by atoms with Crippen LogP contribution in [0.15, 0.2) is 11.6 Å². The van der Waals surface area contributed by atoms with Crippen LogP contribution in [0.2, 0.25) is 0 Å². The SMILES string of the molecule is CC(=O)O[C@H]1C=C(C=O)[C@](O)(C=O)C2(C)CCCC(C)(C)C12. The molecule has 4 atom stereocenters. The maximum atomic E-state index is 11.7. The molecule has 0 aromatic rings. The van der Waals surface area contributed by atoms with Gasteiger partial charge in [-0.2, -0.15) is 0 Å². The number of carbonyl (C=O) groups excluding carboxylic acids is 3. The van der Waals surface area contributed by atoms with E-state index < -0.39 is 23.1 Å². The van der Waals surface area contributed by atoms with Crippen molar-refractivity contribution in [3.05, 3.63) is 11.6 Å². The Bertz CT molecular complexity index is 535. The standard InChI is InChI=1S/C17H24O5/c1-11(20)22-13-8-12(9-18)17(21,10-19)16(4)7-5-6-15(2,3)14(13)16/h8-10,13-14,21H,5-7H2,1-4H3/t13-,14?,16?,17+/m0/s1. The molecule has 1 saturated carbocycles. The molecule has 0 bridgehead atoms. The highest BCUT2D eigenvalue weighted by Crippen LogP contribution is 2.60. The van der Waals surface area contributed by atoms with Crippen molar-refractivity contribution in [3.8, 4) is 0 Å². The lowest BCUT2D eigenvalue weighted by molar-refractivity contribution is -0.186. The summed E-state index contributed by atoms with van der Waals surface area (Å²) in [4.78, 5) is 34.6. The lowest BCUT2D eigenvalue weighted by atomic mass is 9.46. The maximum Gasteiger partial charge on any atom is 0.303 e. The van der Waals surface area contributed by atoms with Crippen LogP contribution in [0.5, 0.6) is 0 Å². The van der Waals surface area contributed by atoms with Gasteiger partial charge in [-0.25, -0.2) is 0 Å². The number of ether oxygens (including phenoxy) is 1. The zero-order valence-electron chi connectivity index (χ0n) is 13.6. The number of esters is 1. The van der Waals surface area contributed by atoms with Gasteiger partial charge >= 0.3 is 5.97 Å². The molecule has 2 rings (SSSR count). The summed E-state index contributed by atoms with van der Waals surface area (Å²) in [6.45, 7) is 7.25. The van der Waals surface area contributed by atoms with Gasteiger partial charge in [0, 0.05) is 23.8 Å². The minimum atomic E-state index is -1.84. The van der Waals surface area contributed by atoms with Crippen LogP contribution in [0.25, 0.3) is 0 Å². The molecule has 5 nitrogen and oxygen atoms in total. The van der Waals surface area contributed by atoms with Crippen molar-refractivity contribution in [3.63, 3.8) is 0 Å². The molecule has 2 aliphatic carbocycles. The van der Waals surface area contributed by atoms with Gasteiger partial charge in [0.05, 0.1) is 0 Å². The topological polar surface area (TPSA) is 80.7 Å². The fourth-order valence-electron chi connectivity index (χ4n) is 4.67. The molecule has 2 unspecified atom stereocenters. The van der Waals surface area contributed by atoms with Gasteiger partial charge in [-0.15, -0.1) is 0 Å². The highest BCUT2D eigenvalue weighted by molar-refractivity contribution is 5.88. The summed E-state index contributed by atoms with van der Waals surface area (Å²) >= 11 is 0. The molecular formula is C17H24O5. The summed E-state index contributed by atoms with van der Waals surface area (Å²) in [6.07, 6.45) is 4.14. The summed E-state index contributed by atoms with van der Waals surface area (Å²) in [7, 11) is 0. The lowest BCUT2D eigenvalue weighted by Gasteiger charge is -2.59. The molecule has 0 spiro atoms. The first-order valence-corrected chi connectivity index (χ1v) is 7.66. The molecule has 5 heteroatoms. The van der Waals surface area contributed by atoms with E-state index in [9.17, 15) is 19.5 Å². The van der Waals surface area contributed by atoms with Crippen LogP contribution >= 0.6 is 0 Å². The minimum Gasteiger partial charge on any atom is -0.458 e. The molecule has 22 heavy (non-hydrogen) atoms. The number of aldehydes is 2. The summed E-state index contributed by atoms with van der Waals surface area (Å²) in [5, 5.41) is 11.0. The van der Waals surface area contributed by atoms with Crippen LogP contribution in [0.3, 0.4) is 0 Å². The van der Waals surface area contributed by atoms with Crippen LogP contribution in [0.4, 0.5) is 0 Å². The van der Waals surface area contributed by atoms with Crippen molar-refractivity contribution in [1.82, 2.24) is 0 Å². The second kappa shape index (κ2) is 5.30. The Labute approximate surface area is 130 Å². The van der Waals surface area contributed by atoms with E-state index in [1.807, 2.05) is 6.92 Å². The minimum absolute atomic E-state index is 0.00907. The average Bonchev–Trinajstić information content (AvgIpc) is 2.40. The smallest absolute Gasteiger partial charge is 0.303 e. The van der Waals surface area contributed by atoms with Crippen LogP contribution in [0, 0.1) is 16.7 Å². The van der Waals surface area contributed by atoms with E-state index in [1.54, 1.807) is 0 Å². The van der Waals surface area contributed by atoms with Crippen LogP contribution in [-0.4, -0.2) is 35.4 Å². The third-order valence-corrected chi connectivity index (χ3v) is 5.63. The Hall–Kier alpha value is -1.49. The van der Waals surface area contributed by atoms with Crippen LogP contribution < -0.4 is 0 Å². The Balaban J connectivity index is 2.67. The second-order valence-corrected chi connectivity index (χ2v) is 7.44. The van der Waals surface area contributed by atoms with Gasteiger partial charge in [0.25, 0.3) is 0 Å². The second-order valence-electron chi connectivity index (χ2n) is 7.44. The van der Waals surface area contributed by atoms with Crippen molar-refractivity contribution in [1.29, 1.82) is 0 Å². The van der Waals surface area contributed by atoms with E-state index in [-0.39, 0.29) is 16.9 Å². The average molecular weight is 308 g/mol. The monoisotopic (exact) mass is 308 g/mol. The van der Waals surface area contributed by atoms with Gasteiger partial charge in [-0.05, 0) is 24.3 Å². The predicted molar refractivity (Wildman–Crippen MR) is 79.9 cm³/mol. The first kappa shape index (κ1) is 16.9. The van der Waals surface area contributed by atoms with Crippen LogP contribution in [-0.2, 0) is 19.1 Å². The Morgan fingerprint density at radius 2 is 1.95 bits per heavy atom. The number of fused-ring (bicyclic) bond motifs is 1. The van der Waals surface area contributed by atoms with E-state index in [2.05, 4.69) is 13.8 Å². The Morgan fingerprint density at radius 3 is 2.45 bits per heavy atom. The highest BCUT2D eigenvalue weighted by Gasteiger charge is 2.64. The van der Waals surface area contributed by atoms with Crippen LogP contribution in [0.1, 0.15) is 47.0 Å². The predicted octanol–water partition coefficient (Wildman–Crippen LogP) is 1.82. The zero-order valence-corrected chi connectivity index (χ0v) is 13.6. The van der Waals surface area contributed by atoms with E-state index in [1.165, 1.54) is 13.0 Å². The van der Waals surface area contributed by atoms with Gasteiger partial charge in [-0.3, -0.25) is 14.4 Å². The third-order valence-electron chi connectivity index (χ3n) is 5.63. The molecule has 1 N–H and O–H groups in total. The summed E-state index contributed by atoms with van der Waals surface area (Å²) in [5.41, 5.74) is -2.92. The molecule has 122 valence electrons. The Morgan fingerprint density at radius 1 is 1.32 bits per heavy atom. The fraction of sp³-hybridized carbons (Fsp3) is 0.706. The molecule has 0 aromatic heterocycles. The van der Waals surface area contributed by atoms with Crippen molar-refractivity contribution >= 4 is 18.5 Å². The fourth-order valence-corrected chi connectivity index (χ4v) is 4.67. The molecule has 0 saturated heterocycles.